The number of hydrogen-bond donors (Lipinski definition) is 3. The minimum Gasteiger partial charge on any atom is -0.508 e. The number of esters is 1. The summed E-state index contributed by atoms with van der Waals surface area (Å²) in [6.45, 7) is 10.3. The molecular formula is C25H35N3O7. The summed E-state index contributed by atoms with van der Waals surface area (Å²) in [6, 6.07) is 5.52. The first-order chi connectivity index (χ1) is 16.3. The number of ether oxygens (including phenoxy) is 2. The molecule has 0 saturated carbocycles. The number of benzene rings is 1. The highest BCUT2D eigenvalue weighted by molar-refractivity contribution is 5.93. The van der Waals surface area contributed by atoms with E-state index in [2.05, 4.69) is 16.7 Å². The number of alkyl carbamates (subject to hydrolysis) is 1. The van der Waals surface area contributed by atoms with Crippen molar-refractivity contribution in [1.29, 1.82) is 0 Å². The lowest BCUT2D eigenvalue weighted by Gasteiger charge is -2.31. The monoisotopic (exact) mass is 489 g/mol. The molecule has 1 aromatic carbocycles. The Bertz CT molecular complexity index is 947. The number of rotatable bonds is 10. The average Bonchev–Trinajstić information content (AvgIpc) is 2.73. The number of nitrogens with zero attached hydrogens (tertiary/aromatic N) is 1. The maximum atomic E-state index is 13.5. The molecule has 0 aromatic heterocycles. The molecule has 10 nitrogen and oxygen atoms in total. The van der Waals surface area contributed by atoms with E-state index < -0.39 is 47.5 Å². The summed E-state index contributed by atoms with van der Waals surface area (Å²) in [5.41, 5.74) is -0.548. The summed E-state index contributed by atoms with van der Waals surface area (Å²) in [4.78, 5) is 51.5. The van der Waals surface area contributed by atoms with Gasteiger partial charge in [0.1, 0.15) is 23.4 Å². The number of phenols is 1. The Hall–Kier alpha value is -3.74. The van der Waals surface area contributed by atoms with Crippen molar-refractivity contribution in [3.05, 3.63) is 29.8 Å². The zero-order valence-electron chi connectivity index (χ0n) is 21.1. The molecule has 3 N–H and O–H groups in total. The predicted octanol–water partition coefficient (Wildman–Crippen LogP) is 2.47. The molecule has 2 unspecified atom stereocenters. The minimum atomic E-state index is -1.34. The fraction of sp³-hybridized carbons (Fsp3) is 0.520. The van der Waals surface area contributed by atoms with Gasteiger partial charge in [-0.05, 0) is 51.3 Å². The zero-order valence-corrected chi connectivity index (χ0v) is 21.1. The Labute approximate surface area is 206 Å². The van der Waals surface area contributed by atoms with Crippen LogP contribution in [0, 0.1) is 18.4 Å². The van der Waals surface area contributed by atoms with Gasteiger partial charge < -0.3 is 25.2 Å². The Morgan fingerprint density at radius 3 is 2.37 bits per heavy atom. The van der Waals surface area contributed by atoms with Crippen LogP contribution in [0.4, 0.5) is 4.79 Å². The highest BCUT2D eigenvalue weighted by atomic mass is 16.6. The van der Waals surface area contributed by atoms with Crippen LogP contribution < -0.4 is 10.6 Å². The van der Waals surface area contributed by atoms with E-state index in [1.807, 2.05) is 0 Å². The molecule has 3 amide bonds. The van der Waals surface area contributed by atoms with Gasteiger partial charge in [0, 0.05) is 12.6 Å². The number of carbonyl (C=O) groups excluding carboxylic acids is 4. The summed E-state index contributed by atoms with van der Waals surface area (Å²) >= 11 is 0. The van der Waals surface area contributed by atoms with Crippen molar-refractivity contribution in [3.8, 4) is 18.2 Å². The van der Waals surface area contributed by atoms with E-state index >= 15 is 0 Å². The van der Waals surface area contributed by atoms with Crippen molar-refractivity contribution < 1.29 is 33.8 Å². The third-order valence-electron chi connectivity index (χ3n) is 4.61. The van der Waals surface area contributed by atoms with E-state index in [9.17, 15) is 24.3 Å². The van der Waals surface area contributed by atoms with Crippen molar-refractivity contribution in [1.82, 2.24) is 15.5 Å². The molecule has 10 heteroatoms. The topological polar surface area (TPSA) is 134 Å². The molecule has 192 valence electrons. The lowest BCUT2D eigenvalue weighted by molar-refractivity contribution is -0.143. The summed E-state index contributed by atoms with van der Waals surface area (Å²) in [7, 11) is 0. The summed E-state index contributed by atoms with van der Waals surface area (Å²) in [5.74, 6) is -2.42. The Morgan fingerprint density at radius 1 is 1.20 bits per heavy atom. The Morgan fingerprint density at radius 2 is 1.86 bits per heavy atom. The Balaban J connectivity index is 3.25. The van der Waals surface area contributed by atoms with Crippen LogP contribution >= 0.6 is 0 Å². The number of phenolic OH excluding ortho intramolecular Hbond substituents is 1. The van der Waals surface area contributed by atoms with Crippen molar-refractivity contribution in [2.75, 3.05) is 13.2 Å². The summed E-state index contributed by atoms with van der Waals surface area (Å²) in [6.07, 6.45) is 4.78. The second-order valence-electron chi connectivity index (χ2n) is 9.05. The molecule has 0 saturated heterocycles. The Kier molecular flexibility index (Phi) is 11.1. The van der Waals surface area contributed by atoms with Gasteiger partial charge in [-0.2, -0.15) is 0 Å². The SMILES string of the molecule is C#CN(C(=O)C(NC(=O)OC(C)(C)C)C(C)C)C(C(=O)NCCC(=O)OCC)c1cccc(O)c1. The van der Waals surface area contributed by atoms with Gasteiger partial charge >= 0.3 is 12.1 Å². The van der Waals surface area contributed by atoms with E-state index in [-0.39, 0.29) is 30.9 Å². The summed E-state index contributed by atoms with van der Waals surface area (Å²) < 4.78 is 10.1. The molecular weight excluding hydrogens is 454 g/mol. The molecule has 0 spiro atoms. The standard InChI is InChI=1S/C25H35N3O7/c1-8-28(23(32)20(16(3)4)27-24(33)35-25(5,6)7)21(17-11-10-12-18(29)15-17)22(31)26-14-13-19(30)34-9-2/h1,10-12,15-16,20-21,29H,9,13-14H2,2-7H3,(H,26,31)(H,27,33). The van der Waals surface area contributed by atoms with Gasteiger partial charge in [0.25, 0.3) is 5.91 Å². The number of amides is 3. The van der Waals surface area contributed by atoms with Crippen LogP contribution in [0.2, 0.25) is 0 Å². The third kappa shape index (κ3) is 9.57. The van der Waals surface area contributed by atoms with Crippen LogP contribution in [0.3, 0.4) is 0 Å². The van der Waals surface area contributed by atoms with Gasteiger partial charge in [0.15, 0.2) is 0 Å². The molecule has 0 heterocycles. The molecule has 0 fully saturated rings. The number of carbonyl (C=O) groups is 4. The molecule has 0 aliphatic rings. The van der Waals surface area contributed by atoms with Crippen LogP contribution in [0.5, 0.6) is 5.75 Å². The van der Waals surface area contributed by atoms with E-state index in [4.69, 9.17) is 15.9 Å². The number of aromatic hydroxyl groups is 1. The predicted molar refractivity (Wildman–Crippen MR) is 129 cm³/mol. The lowest BCUT2D eigenvalue weighted by Crippen LogP contribution is -2.53. The second kappa shape index (κ2) is 13.2. The first-order valence-electron chi connectivity index (χ1n) is 11.3. The first kappa shape index (κ1) is 29.3. The van der Waals surface area contributed by atoms with Crippen molar-refractivity contribution in [3.63, 3.8) is 0 Å². The largest absolute Gasteiger partial charge is 0.508 e. The maximum absolute atomic E-state index is 13.5. The van der Waals surface area contributed by atoms with Gasteiger partial charge in [-0.25, -0.2) is 4.79 Å². The van der Waals surface area contributed by atoms with E-state index in [1.165, 1.54) is 24.3 Å². The van der Waals surface area contributed by atoms with Gasteiger partial charge in [0.2, 0.25) is 5.91 Å². The molecule has 0 aliphatic carbocycles. The van der Waals surface area contributed by atoms with E-state index in [0.29, 0.717) is 0 Å². The fourth-order valence-corrected chi connectivity index (χ4v) is 3.09. The molecule has 0 aliphatic heterocycles. The van der Waals surface area contributed by atoms with Crippen LogP contribution in [-0.2, 0) is 23.9 Å². The number of hydrogen-bond acceptors (Lipinski definition) is 7. The van der Waals surface area contributed by atoms with E-state index in [0.717, 1.165) is 4.90 Å². The van der Waals surface area contributed by atoms with Crippen LogP contribution in [0.15, 0.2) is 24.3 Å². The molecule has 35 heavy (non-hydrogen) atoms. The van der Waals surface area contributed by atoms with E-state index in [1.54, 1.807) is 41.5 Å². The molecule has 0 bridgehead atoms. The molecule has 2 atom stereocenters. The average molecular weight is 490 g/mol. The van der Waals surface area contributed by atoms with Crippen molar-refractivity contribution in [2.24, 2.45) is 5.92 Å². The highest BCUT2D eigenvalue weighted by Crippen LogP contribution is 2.26. The summed E-state index contributed by atoms with van der Waals surface area (Å²) in [5, 5.41) is 15.1. The third-order valence-corrected chi connectivity index (χ3v) is 4.61. The van der Waals surface area contributed by atoms with Gasteiger partial charge in [0.05, 0.1) is 13.0 Å². The minimum absolute atomic E-state index is 0.0522. The van der Waals surface area contributed by atoms with Crippen LogP contribution in [0.25, 0.3) is 0 Å². The quantitative estimate of drug-likeness (QED) is 0.261. The molecule has 0 radical (unpaired) electrons. The maximum Gasteiger partial charge on any atom is 0.408 e. The second-order valence-corrected chi connectivity index (χ2v) is 9.05. The van der Waals surface area contributed by atoms with Gasteiger partial charge in [-0.15, -0.1) is 0 Å². The smallest absolute Gasteiger partial charge is 0.408 e. The van der Waals surface area contributed by atoms with Crippen molar-refractivity contribution in [2.45, 2.75) is 65.6 Å². The van der Waals surface area contributed by atoms with Crippen molar-refractivity contribution >= 4 is 23.9 Å². The highest BCUT2D eigenvalue weighted by Gasteiger charge is 2.37. The zero-order chi connectivity index (χ0) is 26.8. The van der Waals surface area contributed by atoms with Gasteiger partial charge in [-0.3, -0.25) is 19.3 Å². The normalized spacial score (nSPS) is 12.6. The number of nitrogens with one attached hydrogen (secondary N) is 2. The first-order valence-corrected chi connectivity index (χ1v) is 11.3. The van der Waals surface area contributed by atoms with Crippen LogP contribution in [0.1, 0.15) is 59.6 Å². The molecule has 1 aromatic rings. The fourth-order valence-electron chi connectivity index (χ4n) is 3.09. The molecule has 1 rings (SSSR count). The van der Waals surface area contributed by atoms with Crippen LogP contribution in [-0.4, -0.2) is 58.7 Å². The lowest BCUT2D eigenvalue weighted by atomic mass is 9.99. The number of terminal acetylenes is 1. The van der Waals surface area contributed by atoms with Gasteiger partial charge in [-0.1, -0.05) is 32.4 Å².